The van der Waals surface area contributed by atoms with Crippen LogP contribution in [0.1, 0.15) is 11.8 Å². The van der Waals surface area contributed by atoms with E-state index in [4.69, 9.17) is 10.2 Å². The monoisotopic (exact) mass is 403 g/mol. The topological polar surface area (TPSA) is 123 Å². The summed E-state index contributed by atoms with van der Waals surface area (Å²) in [7, 11) is 3.42. The molecule has 2 aromatic heterocycles. The Morgan fingerprint density at radius 3 is 2.50 bits per heavy atom. The fourth-order valence-corrected chi connectivity index (χ4v) is 2.75. The molecule has 9 heteroatoms. The molecule has 0 fully saturated rings. The molecule has 0 aliphatic heterocycles. The largest absolute Gasteiger partial charge is 0.401 e. The third-order valence-corrected chi connectivity index (χ3v) is 4.29. The minimum Gasteiger partial charge on any atom is -0.401 e. The normalized spacial score (nSPS) is 10.6. The van der Waals surface area contributed by atoms with E-state index in [0.717, 1.165) is 11.3 Å². The van der Waals surface area contributed by atoms with E-state index in [1.54, 1.807) is 44.6 Å². The van der Waals surface area contributed by atoms with Crippen LogP contribution in [0.25, 0.3) is 22.8 Å². The summed E-state index contributed by atoms with van der Waals surface area (Å²) in [5, 5.41) is 11.0. The second-order valence-corrected chi connectivity index (χ2v) is 6.67. The number of aromatic nitrogens is 4. The number of anilines is 3. The van der Waals surface area contributed by atoms with Crippen LogP contribution in [0.2, 0.25) is 0 Å². The van der Waals surface area contributed by atoms with E-state index < -0.39 is 0 Å². The van der Waals surface area contributed by atoms with Crippen molar-refractivity contribution >= 4 is 23.4 Å². The van der Waals surface area contributed by atoms with Crippen molar-refractivity contribution in [2.75, 3.05) is 25.1 Å². The molecule has 152 valence electrons. The SMILES string of the molecule is CN(C)C(=O)c1ccc(-c2cnc(N)c(-c3nnc(Nc4ccccc4)o3)n2)cc1.[HH]. The Bertz CT molecular complexity index is 1180. The number of carbonyl (C=O) groups is 1. The Balaban J connectivity index is 0.00000272. The van der Waals surface area contributed by atoms with Crippen molar-refractivity contribution < 1.29 is 10.6 Å². The van der Waals surface area contributed by atoms with Crippen LogP contribution in [0, 0.1) is 0 Å². The number of rotatable bonds is 5. The molecule has 0 atom stereocenters. The van der Waals surface area contributed by atoms with Gasteiger partial charge in [-0.2, -0.15) is 0 Å². The summed E-state index contributed by atoms with van der Waals surface area (Å²) in [6.07, 6.45) is 1.56. The number of nitrogens with one attached hydrogen (secondary N) is 1. The second-order valence-electron chi connectivity index (χ2n) is 6.67. The summed E-state index contributed by atoms with van der Waals surface area (Å²) in [4.78, 5) is 22.3. The zero-order valence-electron chi connectivity index (χ0n) is 16.4. The van der Waals surface area contributed by atoms with Gasteiger partial charge in [0, 0.05) is 32.3 Å². The summed E-state index contributed by atoms with van der Waals surface area (Å²) < 4.78 is 5.66. The lowest BCUT2D eigenvalue weighted by Gasteiger charge is -2.10. The Hall–Kier alpha value is -4.27. The van der Waals surface area contributed by atoms with Gasteiger partial charge in [-0.15, -0.1) is 5.10 Å². The van der Waals surface area contributed by atoms with Crippen LogP contribution in [0.15, 0.2) is 65.2 Å². The first-order chi connectivity index (χ1) is 14.5. The van der Waals surface area contributed by atoms with Gasteiger partial charge in [0.1, 0.15) is 0 Å². The molecule has 0 unspecified atom stereocenters. The molecule has 2 heterocycles. The average molecular weight is 403 g/mol. The zero-order chi connectivity index (χ0) is 21.1. The average Bonchev–Trinajstić information content (AvgIpc) is 3.22. The van der Waals surface area contributed by atoms with Gasteiger partial charge in [0.25, 0.3) is 11.8 Å². The summed E-state index contributed by atoms with van der Waals surface area (Å²) in [5.41, 5.74) is 9.02. The molecule has 3 N–H and O–H groups in total. The molecule has 2 aromatic carbocycles. The van der Waals surface area contributed by atoms with Gasteiger partial charge in [0.2, 0.25) is 0 Å². The molecule has 0 aliphatic carbocycles. The summed E-state index contributed by atoms with van der Waals surface area (Å²) in [5.74, 6) is 0.252. The molecule has 30 heavy (non-hydrogen) atoms. The predicted octanol–water partition coefficient (Wildman–Crippen LogP) is 3.47. The molecule has 1 amide bonds. The number of amides is 1. The maximum atomic E-state index is 12.1. The van der Waals surface area contributed by atoms with Crippen LogP contribution in [0.3, 0.4) is 0 Å². The number of carbonyl (C=O) groups excluding carboxylic acids is 1. The maximum Gasteiger partial charge on any atom is 0.320 e. The first-order valence-corrected chi connectivity index (χ1v) is 9.12. The van der Waals surface area contributed by atoms with Gasteiger partial charge in [-0.1, -0.05) is 35.4 Å². The van der Waals surface area contributed by atoms with E-state index in [2.05, 4.69) is 25.5 Å². The van der Waals surface area contributed by atoms with Crippen LogP contribution in [0.4, 0.5) is 17.5 Å². The van der Waals surface area contributed by atoms with Crippen LogP contribution >= 0.6 is 0 Å². The van der Waals surface area contributed by atoms with Crippen molar-refractivity contribution in [3.63, 3.8) is 0 Å². The predicted molar refractivity (Wildman–Crippen MR) is 115 cm³/mol. The number of benzene rings is 2. The van der Waals surface area contributed by atoms with Crippen molar-refractivity contribution in [3.05, 3.63) is 66.4 Å². The molecule has 0 radical (unpaired) electrons. The maximum absolute atomic E-state index is 12.1. The Labute approximate surface area is 174 Å². The van der Waals surface area contributed by atoms with Crippen LogP contribution < -0.4 is 11.1 Å². The number of hydrogen-bond donors (Lipinski definition) is 2. The molecule has 0 saturated heterocycles. The number of hydrogen-bond acceptors (Lipinski definition) is 8. The lowest BCUT2D eigenvalue weighted by Crippen LogP contribution is -2.21. The lowest BCUT2D eigenvalue weighted by molar-refractivity contribution is 0.0827. The number of para-hydroxylation sites is 1. The molecule has 0 spiro atoms. The van der Waals surface area contributed by atoms with Gasteiger partial charge in [0.15, 0.2) is 11.5 Å². The van der Waals surface area contributed by atoms with Crippen LogP contribution in [0.5, 0.6) is 0 Å². The number of nitrogens with zero attached hydrogens (tertiary/aromatic N) is 5. The standard InChI is InChI=1S/C21H19N7O2.H2/c1-28(2)20(29)14-10-8-13(9-11-14)16-12-23-18(22)17(25-16)19-26-27-21(30-19)24-15-6-4-3-5-7-15;/h3-12H,1-2H3,(H2,22,23)(H,24,27);1H. The first-order valence-electron chi connectivity index (χ1n) is 9.12. The third-order valence-electron chi connectivity index (χ3n) is 4.29. The number of nitrogen functional groups attached to an aromatic ring is 1. The smallest absolute Gasteiger partial charge is 0.320 e. The van der Waals surface area contributed by atoms with Crippen molar-refractivity contribution in [2.24, 2.45) is 0 Å². The van der Waals surface area contributed by atoms with E-state index >= 15 is 0 Å². The minimum atomic E-state index is -0.0741. The minimum absolute atomic E-state index is 0. The highest BCUT2D eigenvalue weighted by Crippen LogP contribution is 2.27. The molecule has 9 nitrogen and oxygen atoms in total. The highest BCUT2D eigenvalue weighted by atomic mass is 16.4. The molecule has 0 aliphatic rings. The summed E-state index contributed by atoms with van der Waals surface area (Å²) in [6.45, 7) is 0. The van der Waals surface area contributed by atoms with Gasteiger partial charge in [-0.25, -0.2) is 9.97 Å². The Morgan fingerprint density at radius 2 is 1.80 bits per heavy atom. The van der Waals surface area contributed by atoms with E-state index in [1.807, 2.05) is 30.3 Å². The van der Waals surface area contributed by atoms with Crippen LogP contribution in [-0.4, -0.2) is 45.1 Å². The van der Waals surface area contributed by atoms with Crippen molar-refractivity contribution in [2.45, 2.75) is 0 Å². The van der Waals surface area contributed by atoms with Gasteiger partial charge < -0.3 is 20.4 Å². The van der Waals surface area contributed by atoms with Gasteiger partial charge in [-0.3, -0.25) is 4.79 Å². The fourth-order valence-electron chi connectivity index (χ4n) is 2.75. The van der Waals surface area contributed by atoms with E-state index in [1.165, 1.54) is 4.90 Å². The van der Waals surface area contributed by atoms with Crippen molar-refractivity contribution in [1.29, 1.82) is 0 Å². The summed E-state index contributed by atoms with van der Waals surface area (Å²) >= 11 is 0. The van der Waals surface area contributed by atoms with Crippen molar-refractivity contribution in [3.8, 4) is 22.8 Å². The van der Waals surface area contributed by atoms with E-state index in [0.29, 0.717) is 11.3 Å². The molecular formula is C21H21N7O2. The lowest BCUT2D eigenvalue weighted by atomic mass is 10.1. The van der Waals surface area contributed by atoms with Gasteiger partial charge in [-0.05, 0) is 24.3 Å². The molecule has 0 bridgehead atoms. The Morgan fingerprint density at radius 1 is 1.07 bits per heavy atom. The highest BCUT2D eigenvalue weighted by molar-refractivity contribution is 5.94. The quantitative estimate of drug-likeness (QED) is 0.519. The first kappa shape index (κ1) is 19.1. The van der Waals surface area contributed by atoms with Gasteiger partial charge >= 0.3 is 6.01 Å². The zero-order valence-corrected chi connectivity index (χ0v) is 16.4. The fraction of sp³-hybridized carbons (Fsp3) is 0.0952. The summed E-state index contributed by atoms with van der Waals surface area (Å²) in [6, 6.07) is 16.8. The third kappa shape index (κ3) is 3.95. The second kappa shape index (κ2) is 8.00. The van der Waals surface area contributed by atoms with E-state index in [9.17, 15) is 4.79 Å². The number of nitrogens with two attached hydrogens (primary N) is 1. The van der Waals surface area contributed by atoms with Crippen LogP contribution in [-0.2, 0) is 0 Å². The molecular weight excluding hydrogens is 382 g/mol. The molecule has 0 saturated carbocycles. The molecule has 4 aromatic rings. The highest BCUT2D eigenvalue weighted by Gasteiger charge is 2.16. The van der Waals surface area contributed by atoms with Crippen molar-refractivity contribution in [1.82, 2.24) is 25.1 Å². The van der Waals surface area contributed by atoms with Gasteiger partial charge in [0.05, 0.1) is 11.9 Å². The van der Waals surface area contributed by atoms with E-state index in [-0.39, 0.29) is 30.8 Å². The molecule has 4 rings (SSSR count). The Kier molecular flexibility index (Phi) is 5.08.